The molecular formula is C19H27FN4O5S2. The minimum absolute atomic E-state index is 0.226. The summed E-state index contributed by atoms with van der Waals surface area (Å²) in [4.78, 5) is 11.4. The first-order valence-corrected chi connectivity index (χ1v) is 12.5. The molecule has 1 amide bonds. The Morgan fingerprint density at radius 3 is 1.87 bits per heavy atom. The summed E-state index contributed by atoms with van der Waals surface area (Å²) in [6, 6.07) is 3.25. The van der Waals surface area contributed by atoms with Gasteiger partial charge in [0.25, 0.3) is 0 Å². The van der Waals surface area contributed by atoms with Crippen LogP contribution in [0.2, 0.25) is 0 Å². The van der Waals surface area contributed by atoms with E-state index in [1.165, 1.54) is 12.1 Å². The summed E-state index contributed by atoms with van der Waals surface area (Å²) in [7, 11) is -8.33. The van der Waals surface area contributed by atoms with Crippen molar-refractivity contribution in [2.45, 2.75) is 63.0 Å². The average molecular weight is 475 g/mol. The molecule has 31 heavy (non-hydrogen) atoms. The Morgan fingerprint density at radius 1 is 0.968 bits per heavy atom. The van der Waals surface area contributed by atoms with Gasteiger partial charge in [-0.05, 0) is 52.3 Å². The maximum atomic E-state index is 13.7. The van der Waals surface area contributed by atoms with Crippen molar-refractivity contribution in [3.63, 3.8) is 0 Å². The standard InChI is InChI=1S/C19H27FN4O5S2/c1-12(2)22-30(26,27)17-9-24(10-18(17)31(28,29)23-13(3)4)11-19(25)21-15-7-6-14(5)16(20)8-15/h6-10,12-13,22-23H,11H2,1-5H3,(H,21,25). The fraction of sp³-hybridized carbons (Fsp3) is 0.421. The van der Waals surface area contributed by atoms with Crippen molar-refractivity contribution < 1.29 is 26.0 Å². The summed E-state index contributed by atoms with van der Waals surface area (Å²) in [5, 5.41) is 2.50. The SMILES string of the molecule is Cc1ccc(NC(=O)Cn2cc(S(=O)(=O)NC(C)C)c(S(=O)(=O)NC(C)C)c2)cc1F. The van der Waals surface area contributed by atoms with Gasteiger partial charge < -0.3 is 9.88 Å². The molecule has 0 spiro atoms. The number of hydrogen-bond acceptors (Lipinski definition) is 5. The number of sulfonamides is 2. The van der Waals surface area contributed by atoms with E-state index in [9.17, 15) is 26.0 Å². The molecule has 0 bridgehead atoms. The zero-order valence-electron chi connectivity index (χ0n) is 17.9. The van der Waals surface area contributed by atoms with E-state index in [1.807, 2.05) is 0 Å². The van der Waals surface area contributed by atoms with Crippen LogP contribution in [0.5, 0.6) is 0 Å². The Labute approximate surface area is 182 Å². The van der Waals surface area contributed by atoms with E-state index in [0.717, 1.165) is 23.0 Å². The van der Waals surface area contributed by atoms with E-state index >= 15 is 0 Å². The normalized spacial score (nSPS) is 12.5. The number of carbonyl (C=O) groups is 1. The Hall–Kier alpha value is -2.28. The van der Waals surface area contributed by atoms with Crippen LogP contribution < -0.4 is 14.8 Å². The molecule has 0 aliphatic heterocycles. The molecule has 0 aliphatic rings. The Bertz CT molecular complexity index is 1110. The van der Waals surface area contributed by atoms with Gasteiger partial charge in [-0.2, -0.15) is 0 Å². The molecule has 0 aliphatic carbocycles. The molecule has 9 nitrogen and oxygen atoms in total. The molecule has 1 aromatic carbocycles. The van der Waals surface area contributed by atoms with Gasteiger partial charge in [-0.3, -0.25) is 4.79 Å². The monoisotopic (exact) mass is 474 g/mol. The van der Waals surface area contributed by atoms with E-state index in [0.29, 0.717) is 5.56 Å². The van der Waals surface area contributed by atoms with Crippen LogP contribution in [-0.2, 0) is 31.4 Å². The van der Waals surface area contributed by atoms with Gasteiger partial charge in [0, 0.05) is 30.2 Å². The number of aryl methyl sites for hydroxylation is 1. The number of nitrogens with zero attached hydrogens (tertiary/aromatic N) is 1. The smallest absolute Gasteiger partial charge is 0.244 e. The van der Waals surface area contributed by atoms with Gasteiger partial charge >= 0.3 is 0 Å². The number of hydrogen-bond donors (Lipinski definition) is 3. The third-order valence-electron chi connectivity index (χ3n) is 3.95. The summed E-state index contributed by atoms with van der Waals surface area (Å²) < 4.78 is 70.3. The van der Waals surface area contributed by atoms with Crippen LogP contribution in [0.4, 0.5) is 10.1 Å². The number of aromatic nitrogens is 1. The fourth-order valence-corrected chi connectivity index (χ4v) is 6.08. The van der Waals surface area contributed by atoms with Crippen LogP contribution >= 0.6 is 0 Å². The molecule has 0 saturated heterocycles. The van der Waals surface area contributed by atoms with Crippen molar-refractivity contribution in [1.29, 1.82) is 0 Å². The first-order valence-electron chi connectivity index (χ1n) is 9.51. The molecule has 0 radical (unpaired) electrons. The Morgan fingerprint density at radius 2 is 1.45 bits per heavy atom. The minimum atomic E-state index is -4.16. The summed E-state index contributed by atoms with van der Waals surface area (Å²) in [5.41, 5.74) is 0.646. The lowest BCUT2D eigenvalue weighted by Crippen LogP contribution is -2.34. The maximum Gasteiger partial charge on any atom is 0.244 e. The topological polar surface area (TPSA) is 126 Å². The Kier molecular flexibility index (Phi) is 7.63. The van der Waals surface area contributed by atoms with Crippen molar-refractivity contribution >= 4 is 31.6 Å². The predicted octanol–water partition coefficient (Wildman–Crippen LogP) is 1.95. The predicted molar refractivity (Wildman–Crippen MR) is 115 cm³/mol. The summed E-state index contributed by atoms with van der Waals surface area (Å²) in [5.74, 6) is -1.07. The average Bonchev–Trinajstić information content (AvgIpc) is 3.01. The van der Waals surface area contributed by atoms with Crippen LogP contribution in [0.25, 0.3) is 0 Å². The Balaban J connectivity index is 2.39. The molecule has 2 aromatic rings. The lowest BCUT2D eigenvalue weighted by Gasteiger charge is -2.12. The summed E-state index contributed by atoms with van der Waals surface area (Å²) in [6.07, 6.45) is 2.16. The quantitative estimate of drug-likeness (QED) is 0.512. The molecule has 0 saturated carbocycles. The third kappa shape index (κ3) is 6.60. The summed E-state index contributed by atoms with van der Waals surface area (Å²) in [6.45, 7) is 7.61. The van der Waals surface area contributed by atoms with Gasteiger partial charge in [-0.1, -0.05) is 6.07 Å². The van der Waals surface area contributed by atoms with Gasteiger partial charge in [-0.15, -0.1) is 0 Å². The zero-order valence-corrected chi connectivity index (χ0v) is 19.6. The fourth-order valence-electron chi connectivity index (χ4n) is 2.75. The lowest BCUT2D eigenvalue weighted by molar-refractivity contribution is -0.116. The number of carbonyl (C=O) groups excluding carboxylic acids is 1. The molecule has 172 valence electrons. The van der Waals surface area contributed by atoms with Gasteiger partial charge in [0.15, 0.2) is 0 Å². The number of benzene rings is 1. The molecule has 1 heterocycles. The highest BCUT2D eigenvalue weighted by Gasteiger charge is 2.30. The second-order valence-corrected chi connectivity index (χ2v) is 11.1. The molecule has 3 N–H and O–H groups in total. The molecule has 0 unspecified atom stereocenters. The number of anilines is 1. The third-order valence-corrected chi connectivity index (χ3v) is 7.45. The number of nitrogens with one attached hydrogen (secondary N) is 3. The van der Waals surface area contributed by atoms with Crippen LogP contribution in [0, 0.1) is 12.7 Å². The van der Waals surface area contributed by atoms with Crippen molar-refractivity contribution in [1.82, 2.24) is 14.0 Å². The number of rotatable bonds is 9. The first-order chi connectivity index (χ1) is 14.2. The molecule has 0 atom stereocenters. The molecule has 0 fully saturated rings. The van der Waals surface area contributed by atoms with Gasteiger partial charge in [-0.25, -0.2) is 30.7 Å². The van der Waals surface area contributed by atoms with E-state index in [-0.39, 0.29) is 12.2 Å². The number of amides is 1. The first kappa shape index (κ1) is 25.0. The lowest BCUT2D eigenvalue weighted by atomic mass is 10.2. The second-order valence-electron chi connectivity index (χ2n) is 7.72. The minimum Gasteiger partial charge on any atom is -0.342 e. The van der Waals surface area contributed by atoms with Crippen LogP contribution in [0.3, 0.4) is 0 Å². The van der Waals surface area contributed by atoms with Crippen LogP contribution in [0.1, 0.15) is 33.3 Å². The zero-order chi connectivity index (χ0) is 23.6. The maximum absolute atomic E-state index is 13.7. The highest BCUT2D eigenvalue weighted by atomic mass is 32.2. The van der Waals surface area contributed by atoms with E-state index in [4.69, 9.17) is 0 Å². The van der Waals surface area contributed by atoms with Crippen molar-refractivity contribution in [2.24, 2.45) is 0 Å². The number of halogens is 1. The molecule has 12 heteroatoms. The van der Waals surface area contributed by atoms with Crippen molar-refractivity contribution in [2.75, 3.05) is 5.32 Å². The van der Waals surface area contributed by atoms with Gasteiger partial charge in [0.05, 0.1) is 0 Å². The van der Waals surface area contributed by atoms with Crippen molar-refractivity contribution in [3.8, 4) is 0 Å². The van der Waals surface area contributed by atoms with E-state index < -0.39 is 53.6 Å². The largest absolute Gasteiger partial charge is 0.342 e. The highest BCUT2D eigenvalue weighted by Crippen LogP contribution is 2.23. The van der Waals surface area contributed by atoms with Gasteiger partial charge in [0.1, 0.15) is 22.2 Å². The summed E-state index contributed by atoms with van der Waals surface area (Å²) >= 11 is 0. The molecular weight excluding hydrogens is 447 g/mol. The highest BCUT2D eigenvalue weighted by molar-refractivity contribution is 7.92. The van der Waals surface area contributed by atoms with E-state index in [1.54, 1.807) is 34.6 Å². The van der Waals surface area contributed by atoms with Gasteiger partial charge in [0.2, 0.25) is 26.0 Å². The second kappa shape index (κ2) is 9.47. The van der Waals surface area contributed by atoms with Crippen molar-refractivity contribution in [3.05, 3.63) is 42.0 Å². The van der Waals surface area contributed by atoms with Crippen LogP contribution in [-0.4, -0.2) is 39.4 Å². The molecule has 1 aromatic heterocycles. The van der Waals surface area contributed by atoms with E-state index in [2.05, 4.69) is 14.8 Å². The van der Waals surface area contributed by atoms with Crippen LogP contribution in [0.15, 0.2) is 40.4 Å². The molecule has 2 rings (SSSR count).